The normalized spacial score (nSPS) is 19.0. The molecule has 0 aromatic heterocycles. The molecule has 4 rings (SSSR count). The predicted octanol–water partition coefficient (Wildman–Crippen LogP) is 1.46. The third kappa shape index (κ3) is 10.0. The van der Waals surface area contributed by atoms with Crippen LogP contribution in [0.25, 0.3) is 0 Å². The molecule has 46 heavy (non-hydrogen) atoms. The number of hydrogen-bond donors (Lipinski definition) is 5. The molecular weight excluding hydrogens is 592 g/mol. The minimum absolute atomic E-state index is 0.0188. The molecule has 5 amide bonds. The number of amides is 5. The van der Waals surface area contributed by atoms with Gasteiger partial charge in [0.15, 0.2) is 0 Å². The van der Waals surface area contributed by atoms with E-state index >= 15 is 0 Å². The number of nitrogens with two attached hydrogens (primary N) is 1. The Bertz CT molecular complexity index is 1250. The van der Waals surface area contributed by atoms with Crippen LogP contribution >= 0.6 is 0 Å². The SMILES string of the molecule is CC(C)(C)C(NC(=O)NCC(=O)OC1Cc2ccccc2C1)C(=O)N1CCCC1C(=O)NC(NC1CCC1)C(=O)C(N)=O.CCC. The highest BCUT2D eigenvalue weighted by molar-refractivity contribution is 6.37. The fourth-order valence-electron chi connectivity index (χ4n) is 5.66. The van der Waals surface area contributed by atoms with E-state index in [9.17, 15) is 28.8 Å². The zero-order chi connectivity index (χ0) is 34.0. The van der Waals surface area contributed by atoms with Crippen LogP contribution < -0.4 is 27.0 Å². The maximum Gasteiger partial charge on any atom is 0.325 e. The van der Waals surface area contributed by atoms with Gasteiger partial charge in [-0.3, -0.25) is 29.3 Å². The Morgan fingerprint density at radius 3 is 2.09 bits per heavy atom. The van der Waals surface area contributed by atoms with Gasteiger partial charge in [0.25, 0.3) is 11.7 Å². The maximum atomic E-state index is 13.7. The van der Waals surface area contributed by atoms with E-state index in [-0.39, 0.29) is 25.2 Å². The van der Waals surface area contributed by atoms with Gasteiger partial charge in [-0.1, -0.05) is 71.7 Å². The van der Waals surface area contributed by atoms with Crippen LogP contribution in [0.2, 0.25) is 0 Å². The number of fused-ring (bicyclic) bond motifs is 1. The quantitative estimate of drug-likeness (QED) is 0.136. The number of nitrogens with zero attached hydrogens (tertiary/aromatic N) is 1. The molecule has 2 aliphatic carbocycles. The first-order chi connectivity index (χ1) is 21.7. The van der Waals surface area contributed by atoms with Gasteiger partial charge in [-0.2, -0.15) is 0 Å². The number of urea groups is 1. The second-order valence-corrected chi connectivity index (χ2v) is 13.3. The van der Waals surface area contributed by atoms with Crippen molar-refractivity contribution in [3.05, 3.63) is 35.4 Å². The lowest BCUT2D eigenvalue weighted by Gasteiger charge is -2.36. The number of ketones is 1. The molecule has 0 radical (unpaired) electrons. The monoisotopic (exact) mass is 642 g/mol. The van der Waals surface area contributed by atoms with Crippen LogP contribution in [-0.2, 0) is 41.6 Å². The van der Waals surface area contributed by atoms with Gasteiger partial charge in [0.2, 0.25) is 11.8 Å². The van der Waals surface area contributed by atoms with Crippen molar-refractivity contribution in [2.45, 2.75) is 116 Å². The summed E-state index contributed by atoms with van der Waals surface area (Å²) in [5, 5.41) is 10.7. The third-order valence-electron chi connectivity index (χ3n) is 8.23. The van der Waals surface area contributed by atoms with Gasteiger partial charge < -0.3 is 31.3 Å². The van der Waals surface area contributed by atoms with Crippen molar-refractivity contribution in [2.75, 3.05) is 13.1 Å². The lowest BCUT2D eigenvalue weighted by Crippen LogP contribution is -2.62. The zero-order valence-electron chi connectivity index (χ0n) is 27.6. The van der Waals surface area contributed by atoms with Crippen molar-refractivity contribution in [1.82, 2.24) is 26.2 Å². The van der Waals surface area contributed by atoms with Gasteiger partial charge in [-0.05, 0) is 42.2 Å². The Morgan fingerprint density at radius 2 is 1.57 bits per heavy atom. The number of rotatable bonds is 11. The van der Waals surface area contributed by atoms with Crippen LogP contribution in [0.1, 0.15) is 84.3 Å². The zero-order valence-corrected chi connectivity index (χ0v) is 27.6. The molecule has 254 valence electrons. The van der Waals surface area contributed by atoms with E-state index in [1.807, 2.05) is 24.3 Å². The minimum atomic E-state index is -1.28. The summed E-state index contributed by atoms with van der Waals surface area (Å²) < 4.78 is 5.52. The maximum absolute atomic E-state index is 13.7. The highest BCUT2D eigenvalue weighted by Gasteiger charge is 2.43. The average molecular weight is 643 g/mol. The lowest BCUT2D eigenvalue weighted by molar-refractivity contribution is -0.147. The Balaban J connectivity index is 0.00000185. The summed E-state index contributed by atoms with van der Waals surface area (Å²) in [4.78, 5) is 77.6. The number of benzene rings is 1. The van der Waals surface area contributed by atoms with E-state index in [0.717, 1.165) is 30.4 Å². The second-order valence-electron chi connectivity index (χ2n) is 13.3. The molecule has 3 unspecified atom stereocenters. The molecule has 6 N–H and O–H groups in total. The van der Waals surface area contributed by atoms with Crippen molar-refractivity contribution < 1.29 is 33.5 Å². The molecule has 1 aromatic rings. The number of hydrogen-bond acceptors (Lipinski definition) is 8. The van der Waals surface area contributed by atoms with Crippen LogP contribution in [0, 0.1) is 5.41 Å². The third-order valence-corrected chi connectivity index (χ3v) is 8.23. The smallest absolute Gasteiger partial charge is 0.325 e. The first kappa shape index (κ1) is 36.5. The highest BCUT2D eigenvalue weighted by Crippen LogP contribution is 2.27. The van der Waals surface area contributed by atoms with E-state index in [0.29, 0.717) is 25.7 Å². The second kappa shape index (κ2) is 16.5. The summed E-state index contributed by atoms with van der Waals surface area (Å²) in [5.74, 6) is -3.78. The van der Waals surface area contributed by atoms with Gasteiger partial charge in [0.05, 0.1) is 0 Å². The number of primary amides is 1. The Morgan fingerprint density at radius 1 is 0.957 bits per heavy atom. The van der Waals surface area contributed by atoms with Gasteiger partial charge in [-0.25, -0.2) is 4.79 Å². The molecule has 13 nitrogen and oxygen atoms in total. The number of esters is 1. The van der Waals surface area contributed by atoms with Gasteiger partial charge >= 0.3 is 12.0 Å². The van der Waals surface area contributed by atoms with Crippen molar-refractivity contribution >= 4 is 35.5 Å². The predicted molar refractivity (Wildman–Crippen MR) is 171 cm³/mol. The molecule has 1 aromatic carbocycles. The first-order valence-corrected chi connectivity index (χ1v) is 16.3. The summed E-state index contributed by atoms with van der Waals surface area (Å²) in [5.41, 5.74) is 6.72. The van der Waals surface area contributed by atoms with E-state index in [1.54, 1.807) is 20.8 Å². The summed E-state index contributed by atoms with van der Waals surface area (Å²) in [6, 6.07) is 5.20. The van der Waals surface area contributed by atoms with Crippen molar-refractivity contribution in [1.29, 1.82) is 0 Å². The van der Waals surface area contributed by atoms with Crippen molar-refractivity contribution in [3.63, 3.8) is 0 Å². The number of Topliss-reactive ketones (excluding diaryl/α,β-unsaturated/α-hetero) is 1. The molecule has 13 heteroatoms. The highest BCUT2D eigenvalue weighted by atomic mass is 16.5. The van der Waals surface area contributed by atoms with Gasteiger partial charge in [-0.15, -0.1) is 0 Å². The molecule has 0 spiro atoms. The summed E-state index contributed by atoms with van der Waals surface area (Å²) in [6.45, 7) is 9.47. The van der Waals surface area contributed by atoms with E-state index in [4.69, 9.17) is 10.5 Å². The molecule has 3 aliphatic rings. The Hall–Kier alpha value is -4.00. The molecule has 1 aliphatic heterocycles. The van der Waals surface area contributed by atoms with E-state index < -0.39 is 59.2 Å². The van der Waals surface area contributed by atoms with Crippen LogP contribution in [0.4, 0.5) is 4.79 Å². The summed E-state index contributed by atoms with van der Waals surface area (Å²) in [6.07, 6.45) is 4.37. The fourth-order valence-corrected chi connectivity index (χ4v) is 5.66. The number of carbonyl (C=O) groups excluding carboxylic acids is 6. The van der Waals surface area contributed by atoms with Crippen LogP contribution in [-0.4, -0.2) is 83.9 Å². The minimum Gasteiger partial charge on any atom is -0.460 e. The Kier molecular flexibility index (Phi) is 13.1. The molecular formula is C33H50N6O7. The molecule has 1 saturated heterocycles. The van der Waals surface area contributed by atoms with Crippen molar-refractivity contribution in [2.24, 2.45) is 11.1 Å². The first-order valence-electron chi connectivity index (χ1n) is 16.3. The van der Waals surface area contributed by atoms with E-state index in [2.05, 4.69) is 35.1 Å². The standard InChI is InChI=1S/C30H42N6O7.C3H8/c1-30(2,3)24(34-29(42)32-16-22(37)43-20-14-17-8-4-5-9-18(17)15-20)28(41)36-13-7-12-21(36)27(40)35-26(23(38)25(31)39)33-19-10-6-11-19;1-3-2/h4-5,8-9,19-21,24,26,33H,6-7,10-16H2,1-3H3,(H2,31,39)(H,35,40)(H2,32,34,42);3H2,1-2H3. The molecule has 2 fully saturated rings. The lowest BCUT2D eigenvalue weighted by atomic mass is 9.85. The number of likely N-dealkylation sites (tertiary alicyclic amines) is 1. The van der Waals surface area contributed by atoms with E-state index in [1.165, 1.54) is 11.3 Å². The average Bonchev–Trinajstić information content (AvgIpc) is 3.62. The van der Waals surface area contributed by atoms with Crippen LogP contribution in [0.5, 0.6) is 0 Å². The molecule has 3 atom stereocenters. The largest absolute Gasteiger partial charge is 0.460 e. The number of carbonyl (C=O) groups is 6. The molecule has 1 saturated carbocycles. The number of nitrogens with one attached hydrogen (secondary N) is 4. The molecule has 1 heterocycles. The topological polar surface area (TPSA) is 189 Å². The fraction of sp³-hybridized carbons (Fsp3) is 0.636. The summed E-state index contributed by atoms with van der Waals surface area (Å²) in [7, 11) is 0. The van der Waals surface area contributed by atoms with Crippen LogP contribution in [0.15, 0.2) is 24.3 Å². The Labute approximate surface area is 271 Å². The van der Waals surface area contributed by atoms with Crippen molar-refractivity contribution in [3.8, 4) is 0 Å². The van der Waals surface area contributed by atoms with Crippen LogP contribution in [0.3, 0.4) is 0 Å². The number of ether oxygens (including phenoxy) is 1. The van der Waals surface area contributed by atoms with Gasteiger partial charge in [0.1, 0.15) is 30.9 Å². The van der Waals surface area contributed by atoms with Gasteiger partial charge in [0, 0.05) is 25.4 Å². The summed E-state index contributed by atoms with van der Waals surface area (Å²) >= 11 is 0. The molecule has 0 bridgehead atoms.